The zero-order valence-corrected chi connectivity index (χ0v) is 9.76. The second kappa shape index (κ2) is 4.24. The normalized spacial score (nSPS) is 12.8. The molecule has 3 nitrogen and oxygen atoms in total. The molecule has 84 valence electrons. The van der Waals surface area contributed by atoms with Gasteiger partial charge in [-0.3, -0.25) is 4.98 Å². The van der Waals surface area contributed by atoms with Crippen molar-refractivity contribution in [2.75, 3.05) is 0 Å². The van der Waals surface area contributed by atoms with Gasteiger partial charge in [-0.05, 0) is 12.1 Å². The molecule has 3 aromatic rings. The molecule has 0 aliphatic rings. The molecule has 1 unspecified atom stereocenters. The number of aromatic nitrogens is 2. The van der Waals surface area contributed by atoms with Crippen LogP contribution in [0.25, 0.3) is 10.9 Å². The minimum absolute atomic E-state index is 0.688. The largest absolute Gasteiger partial charge is 0.381 e. The lowest BCUT2D eigenvalue weighted by molar-refractivity contribution is 0.219. The fourth-order valence-electron chi connectivity index (χ4n) is 1.75. The van der Waals surface area contributed by atoms with Crippen molar-refractivity contribution in [2.24, 2.45) is 0 Å². The third-order valence-electron chi connectivity index (χ3n) is 2.61. The van der Waals surface area contributed by atoms with Crippen LogP contribution in [0.5, 0.6) is 0 Å². The molecule has 0 amide bonds. The van der Waals surface area contributed by atoms with Crippen molar-refractivity contribution in [1.82, 2.24) is 9.97 Å². The van der Waals surface area contributed by atoms with Crippen molar-refractivity contribution in [1.29, 1.82) is 0 Å². The predicted molar refractivity (Wildman–Crippen MR) is 67.9 cm³/mol. The van der Waals surface area contributed by atoms with Crippen LogP contribution in [0.3, 0.4) is 0 Å². The van der Waals surface area contributed by atoms with E-state index >= 15 is 0 Å². The zero-order valence-electron chi connectivity index (χ0n) is 8.95. The quantitative estimate of drug-likeness (QED) is 0.751. The maximum Gasteiger partial charge on any atom is 0.132 e. The van der Waals surface area contributed by atoms with Gasteiger partial charge in [0.25, 0.3) is 0 Å². The van der Waals surface area contributed by atoms with Crippen LogP contribution in [-0.2, 0) is 0 Å². The molecular weight excluding hydrogens is 232 g/mol. The topological polar surface area (TPSA) is 46.0 Å². The molecule has 0 saturated heterocycles. The number of nitrogens with zero attached hydrogens (tertiary/aromatic N) is 2. The zero-order chi connectivity index (χ0) is 11.7. The van der Waals surface area contributed by atoms with Crippen molar-refractivity contribution in [3.63, 3.8) is 0 Å². The Morgan fingerprint density at radius 3 is 2.88 bits per heavy atom. The maximum absolute atomic E-state index is 10.1. The minimum atomic E-state index is -0.688. The fourth-order valence-corrected chi connectivity index (χ4v) is 2.40. The molecule has 0 fully saturated rings. The van der Waals surface area contributed by atoms with Crippen molar-refractivity contribution in [3.8, 4) is 0 Å². The molecule has 2 heterocycles. The van der Waals surface area contributed by atoms with Crippen LogP contribution < -0.4 is 0 Å². The first-order valence-corrected chi connectivity index (χ1v) is 6.15. The highest BCUT2D eigenvalue weighted by molar-refractivity contribution is 7.09. The molecule has 1 atom stereocenters. The molecule has 0 aliphatic carbocycles. The molecule has 1 N–H and O–H groups in total. The lowest BCUT2D eigenvalue weighted by Gasteiger charge is -2.08. The molecule has 3 rings (SSSR count). The Balaban J connectivity index is 2.06. The molecule has 0 spiro atoms. The van der Waals surface area contributed by atoms with E-state index < -0.39 is 6.10 Å². The van der Waals surface area contributed by atoms with E-state index in [2.05, 4.69) is 9.97 Å². The number of para-hydroxylation sites is 1. The maximum atomic E-state index is 10.1. The highest BCUT2D eigenvalue weighted by atomic mass is 32.1. The Morgan fingerprint density at radius 2 is 2.06 bits per heavy atom. The van der Waals surface area contributed by atoms with Gasteiger partial charge in [0.15, 0.2) is 0 Å². The van der Waals surface area contributed by atoms with Crippen LogP contribution in [0.15, 0.2) is 48.1 Å². The van der Waals surface area contributed by atoms with Crippen LogP contribution in [0.2, 0.25) is 0 Å². The van der Waals surface area contributed by atoms with E-state index in [1.807, 2.05) is 35.7 Å². The summed E-state index contributed by atoms with van der Waals surface area (Å²) in [5, 5.41) is 13.7. The van der Waals surface area contributed by atoms with Crippen molar-refractivity contribution >= 4 is 22.2 Å². The summed E-state index contributed by atoms with van der Waals surface area (Å²) in [7, 11) is 0. The number of aliphatic hydroxyl groups is 1. The van der Waals surface area contributed by atoms with Gasteiger partial charge in [-0.25, -0.2) is 4.98 Å². The molecule has 0 aliphatic heterocycles. The minimum Gasteiger partial charge on any atom is -0.381 e. The number of pyridine rings is 1. The van der Waals surface area contributed by atoms with Gasteiger partial charge in [0.05, 0.1) is 5.52 Å². The Kier molecular flexibility index (Phi) is 2.59. The molecule has 1 aromatic carbocycles. The van der Waals surface area contributed by atoms with Gasteiger partial charge >= 0.3 is 0 Å². The summed E-state index contributed by atoms with van der Waals surface area (Å²) in [6, 6.07) is 9.81. The van der Waals surface area contributed by atoms with Crippen molar-refractivity contribution < 1.29 is 5.11 Å². The highest BCUT2D eigenvalue weighted by Gasteiger charge is 2.13. The standard InChI is InChI=1S/C13H10N2OS/c16-12(13-14-5-6-17-13)10-7-9-3-1-2-4-11(9)15-8-10/h1-8,12,16H. The van der Waals surface area contributed by atoms with E-state index in [1.165, 1.54) is 11.3 Å². The number of aliphatic hydroxyl groups excluding tert-OH is 1. The summed E-state index contributed by atoms with van der Waals surface area (Å²) in [4.78, 5) is 8.44. The SMILES string of the molecule is OC(c1cnc2ccccc2c1)c1nccs1. The van der Waals surface area contributed by atoms with Gasteiger partial charge in [0.1, 0.15) is 11.1 Å². The van der Waals surface area contributed by atoms with E-state index in [-0.39, 0.29) is 0 Å². The van der Waals surface area contributed by atoms with E-state index in [4.69, 9.17) is 0 Å². The van der Waals surface area contributed by atoms with Crippen LogP contribution in [-0.4, -0.2) is 15.1 Å². The van der Waals surface area contributed by atoms with Gasteiger partial charge in [0, 0.05) is 28.7 Å². The molecule has 0 bridgehead atoms. The lowest BCUT2D eigenvalue weighted by Crippen LogP contribution is -1.99. The van der Waals surface area contributed by atoms with Crippen LogP contribution in [0.1, 0.15) is 16.7 Å². The Morgan fingerprint density at radius 1 is 1.18 bits per heavy atom. The highest BCUT2D eigenvalue weighted by Crippen LogP contribution is 2.25. The first kappa shape index (κ1) is 10.4. The summed E-state index contributed by atoms with van der Waals surface area (Å²) in [6.07, 6.45) is 2.71. The number of hydrogen-bond donors (Lipinski definition) is 1. The number of fused-ring (bicyclic) bond motifs is 1. The Hall–Kier alpha value is -1.78. The first-order valence-electron chi connectivity index (χ1n) is 5.27. The number of benzene rings is 1. The average molecular weight is 242 g/mol. The second-order valence-electron chi connectivity index (χ2n) is 3.73. The van der Waals surface area contributed by atoms with Gasteiger partial charge < -0.3 is 5.11 Å². The van der Waals surface area contributed by atoms with E-state index in [0.29, 0.717) is 5.01 Å². The predicted octanol–water partition coefficient (Wildman–Crippen LogP) is 2.77. The average Bonchev–Trinajstić information content (AvgIpc) is 2.91. The molecule has 0 radical (unpaired) electrons. The molecule has 0 saturated carbocycles. The monoisotopic (exact) mass is 242 g/mol. The number of hydrogen-bond acceptors (Lipinski definition) is 4. The van der Waals surface area contributed by atoms with Crippen LogP contribution in [0.4, 0.5) is 0 Å². The summed E-state index contributed by atoms with van der Waals surface area (Å²) in [6.45, 7) is 0. The number of thiazole rings is 1. The van der Waals surface area contributed by atoms with Gasteiger partial charge in [-0.15, -0.1) is 11.3 Å². The Bertz CT molecular complexity index is 637. The smallest absolute Gasteiger partial charge is 0.132 e. The summed E-state index contributed by atoms with van der Waals surface area (Å²) >= 11 is 1.44. The first-order chi connectivity index (χ1) is 8.34. The molecule has 2 aromatic heterocycles. The van der Waals surface area contributed by atoms with E-state index in [9.17, 15) is 5.11 Å². The van der Waals surface area contributed by atoms with Crippen molar-refractivity contribution in [3.05, 3.63) is 58.7 Å². The van der Waals surface area contributed by atoms with E-state index in [0.717, 1.165) is 16.5 Å². The van der Waals surface area contributed by atoms with Gasteiger partial charge in [0.2, 0.25) is 0 Å². The molecular formula is C13H10N2OS. The molecule has 17 heavy (non-hydrogen) atoms. The summed E-state index contributed by atoms with van der Waals surface area (Å²) < 4.78 is 0. The van der Waals surface area contributed by atoms with Gasteiger partial charge in [-0.1, -0.05) is 18.2 Å². The summed E-state index contributed by atoms with van der Waals surface area (Å²) in [5.74, 6) is 0. The molecule has 4 heteroatoms. The van der Waals surface area contributed by atoms with Crippen LogP contribution in [0, 0.1) is 0 Å². The second-order valence-corrected chi connectivity index (χ2v) is 4.66. The lowest BCUT2D eigenvalue weighted by atomic mass is 10.1. The van der Waals surface area contributed by atoms with Crippen molar-refractivity contribution in [2.45, 2.75) is 6.10 Å². The summed E-state index contributed by atoms with van der Waals surface area (Å²) in [5.41, 5.74) is 1.71. The third kappa shape index (κ3) is 1.92. The fraction of sp³-hybridized carbons (Fsp3) is 0.0769. The third-order valence-corrected chi connectivity index (χ3v) is 3.44. The van der Waals surface area contributed by atoms with Crippen LogP contribution >= 0.6 is 11.3 Å². The number of rotatable bonds is 2. The van der Waals surface area contributed by atoms with Gasteiger partial charge in [-0.2, -0.15) is 0 Å². The Labute approximate surface area is 102 Å². The van der Waals surface area contributed by atoms with E-state index in [1.54, 1.807) is 12.4 Å².